The molecule has 0 aliphatic carbocycles. The van der Waals surface area contributed by atoms with Crippen LogP contribution in [-0.4, -0.2) is 48.3 Å². The fourth-order valence-electron chi connectivity index (χ4n) is 4.13. The second-order valence-electron chi connectivity index (χ2n) is 9.73. The molecular weight excluding hydrogens is 462 g/mol. The molecule has 2 N–H and O–H groups in total. The fraction of sp³-hybridized carbons (Fsp3) is 0.370. The first-order chi connectivity index (χ1) is 16.5. The molecule has 0 saturated carbocycles. The number of anilines is 2. The second-order valence-corrected chi connectivity index (χ2v) is 11.5. The molecule has 0 aliphatic rings. The summed E-state index contributed by atoms with van der Waals surface area (Å²) in [5, 5.41) is 5.00. The van der Waals surface area contributed by atoms with E-state index in [1.807, 2.05) is 43.4 Å². The van der Waals surface area contributed by atoms with Gasteiger partial charge in [-0.2, -0.15) is 0 Å². The van der Waals surface area contributed by atoms with Crippen molar-refractivity contribution in [3.63, 3.8) is 0 Å². The van der Waals surface area contributed by atoms with Crippen LogP contribution in [0, 0.1) is 0 Å². The Morgan fingerprint density at radius 1 is 1.03 bits per heavy atom. The highest BCUT2D eigenvalue weighted by Gasteiger charge is 2.24. The summed E-state index contributed by atoms with van der Waals surface area (Å²) in [5.74, 6) is 0.775. The van der Waals surface area contributed by atoms with Crippen LogP contribution < -0.4 is 19.7 Å². The molecule has 0 spiro atoms. The molecule has 7 nitrogen and oxygen atoms in total. The predicted molar refractivity (Wildman–Crippen MR) is 145 cm³/mol. The standard InChI is InChI=1S/C27H35N3O4S/c1-27(2,3)25-17-23(30(18-31)13-7-12-28-4)16-24(26(25)34-5)21-9-8-20-15-22(29-35(6,32)33)11-10-19(20)14-21/h8-11,14-18,28-29H,7,12-13H2,1-6H3. The topological polar surface area (TPSA) is 87.7 Å². The second kappa shape index (κ2) is 10.7. The molecule has 35 heavy (non-hydrogen) atoms. The van der Waals surface area contributed by atoms with E-state index in [0.717, 1.165) is 64.5 Å². The van der Waals surface area contributed by atoms with Crippen molar-refractivity contribution in [1.29, 1.82) is 0 Å². The van der Waals surface area contributed by atoms with Gasteiger partial charge in [0.05, 0.1) is 13.4 Å². The first kappa shape index (κ1) is 26.5. The third-order valence-electron chi connectivity index (χ3n) is 5.83. The molecule has 8 heteroatoms. The van der Waals surface area contributed by atoms with Crippen LogP contribution in [0.2, 0.25) is 0 Å². The van der Waals surface area contributed by atoms with Gasteiger partial charge in [0.1, 0.15) is 5.75 Å². The smallest absolute Gasteiger partial charge is 0.229 e. The van der Waals surface area contributed by atoms with E-state index in [9.17, 15) is 13.2 Å². The minimum atomic E-state index is -3.35. The Labute approximate surface area is 208 Å². The zero-order chi connectivity index (χ0) is 25.8. The number of carbonyl (C=O) groups excluding carboxylic acids is 1. The maximum atomic E-state index is 12.0. The summed E-state index contributed by atoms with van der Waals surface area (Å²) in [7, 11) is 0.214. The van der Waals surface area contributed by atoms with Crippen molar-refractivity contribution in [3.05, 3.63) is 54.1 Å². The summed E-state index contributed by atoms with van der Waals surface area (Å²) in [5.41, 5.74) is 4.00. The number of methoxy groups -OCH3 is 1. The summed E-state index contributed by atoms with van der Waals surface area (Å²) in [4.78, 5) is 13.7. The van der Waals surface area contributed by atoms with Crippen molar-refractivity contribution in [1.82, 2.24) is 5.32 Å². The first-order valence-electron chi connectivity index (χ1n) is 11.6. The monoisotopic (exact) mass is 497 g/mol. The maximum Gasteiger partial charge on any atom is 0.229 e. The molecule has 0 unspecified atom stereocenters. The molecule has 0 atom stereocenters. The van der Waals surface area contributed by atoms with E-state index in [4.69, 9.17) is 4.74 Å². The van der Waals surface area contributed by atoms with Crippen LogP contribution in [0.3, 0.4) is 0 Å². The average molecular weight is 498 g/mol. The Morgan fingerprint density at radius 3 is 2.31 bits per heavy atom. The number of rotatable bonds is 10. The van der Waals surface area contributed by atoms with E-state index in [1.165, 1.54) is 0 Å². The molecule has 1 amide bonds. The number of hydrogen-bond acceptors (Lipinski definition) is 5. The Kier molecular flexibility index (Phi) is 8.07. The minimum Gasteiger partial charge on any atom is -0.496 e. The number of nitrogens with one attached hydrogen (secondary N) is 2. The van der Waals surface area contributed by atoms with Gasteiger partial charge in [-0.05, 0) is 72.1 Å². The van der Waals surface area contributed by atoms with Crippen LogP contribution in [0.5, 0.6) is 5.75 Å². The van der Waals surface area contributed by atoms with Crippen molar-refractivity contribution < 1.29 is 17.9 Å². The number of carbonyl (C=O) groups is 1. The highest BCUT2D eigenvalue weighted by atomic mass is 32.2. The van der Waals surface area contributed by atoms with Gasteiger partial charge in [0.2, 0.25) is 16.4 Å². The van der Waals surface area contributed by atoms with Gasteiger partial charge in [0, 0.05) is 29.0 Å². The van der Waals surface area contributed by atoms with Crippen LogP contribution in [0.15, 0.2) is 48.5 Å². The van der Waals surface area contributed by atoms with Gasteiger partial charge in [-0.25, -0.2) is 8.42 Å². The summed E-state index contributed by atoms with van der Waals surface area (Å²) < 4.78 is 31.6. The van der Waals surface area contributed by atoms with E-state index in [1.54, 1.807) is 18.1 Å². The lowest BCUT2D eigenvalue weighted by molar-refractivity contribution is -0.107. The zero-order valence-corrected chi connectivity index (χ0v) is 22.1. The van der Waals surface area contributed by atoms with E-state index in [2.05, 4.69) is 36.9 Å². The Bertz CT molecular complexity index is 1310. The minimum absolute atomic E-state index is 0.210. The lowest BCUT2D eigenvalue weighted by Crippen LogP contribution is -2.26. The van der Waals surface area contributed by atoms with Gasteiger partial charge in [-0.1, -0.05) is 39.0 Å². The number of fused-ring (bicyclic) bond motifs is 1. The van der Waals surface area contributed by atoms with Crippen LogP contribution in [0.4, 0.5) is 11.4 Å². The number of benzene rings is 3. The zero-order valence-electron chi connectivity index (χ0n) is 21.3. The Morgan fingerprint density at radius 2 is 1.71 bits per heavy atom. The third-order valence-corrected chi connectivity index (χ3v) is 6.43. The average Bonchev–Trinajstić information content (AvgIpc) is 2.79. The van der Waals surface area contributed by atoms with Gasteiger partial charge in [-0.3, -0.25) is 9.52 Å². The number of amides is 1. The molecule has 0 fully saturated rings. The Hall–Kier alpha value is -3.10. The number of nitrogens with zero attached hydrogens (tertiary/aromatic N) is 1. The molecule has 0 saturated heterocycles. The molecule has 3 aromatic rings. The quantitative estimate of drug-likeness (QED) is 0.312. The third kappa shape index (κ3) is 6.52. The van der Waals surface area contributed by atoms with Crippen molar-refractivity contribution >= 4 is 38.6 Å². The lowest BCUT2D eigenvalue weighted by Gasteiger charge is -2.28. The number of hydrogen-bond donors (Lipinski definition) is 2. The van der Waals surface area contributed by atoms with Gasteiger partial charge in [0.25, 0.3) is 0 Å². The van der Waals surface area contributed by atoms with Gasteiger partial charge >= 0.3 is 0 Å². The highest BCUT2D eigenvalue weighted by Crippen LogP contribution is 2.43. The first-order valence-corrected chi connectivity index (χ1v) is 13.5. The molecule has 0 bridgehead atoms. The maximum absolute atomic E-state index is 12.0. The van der Waals surface area contributed by atoms with E-state index in [0.29, 0.717) is 12.2 Å². The summed E-state index contributed by atoms with van der Waals surface area (Å²) in [6.45, 7) is 7.80. The fourth-order valence-corrected chi connectivity index (χ4v) is 4.69. The predicted octanol–water partition coefficient (Wildman–Crippen LogP) is 4.76. The molecule has 0 aromatic heterocycles. The number of sulfonamides is 1. The van der Waals surface area contributed by atoms with Crippen molar-refractivity contribution in [3.8, 4) is 16.9 Å². The van der Waals surface area contributed by atoms with Crippen molar-refractivity contribution in [2.75, 3.05) is 43.1 Å². The summed E-state index contributed by atoms with van der Waals surface area (Å²) in [6.07, 6.45) is 2.85. The molecular formula is C27H35N3O4S. The van der Waals surface area contributed by atoms with Gasteiger partial charge < -0.3 is 15.0 Å². The number of ether oxygens (including phenoxy) is 1. The summed E-state index contributed by atoms with van der Waals surface area (Å²) >= 11 is 0. The molecule has 0 heterocycles. The van der Waals surface area contributed by atoms with Crippen LogP contribution in [-0.2, 0) is 20.2 Å². The van der Waals surface area contributed by atoms with E-state index < -0.39 is 10.0 Å². The lowest BCUT2D eigenvalue weighted by atomic mass is 9.83. The largest absolute Gasteiger partial charge is 0.496 e. The van der Waals surface area contributed by atoms with Crippen LogP contribution in [0.1, 0.15) is 32.8 Å². The SMILES string of the molecule is CNCCCN(C=O)c1cc(-c2ccc3cc(NS(C)(=O)=O)ccc3c2)c(OC)c(C(C)(C)C)c1. The summed E-state index contributed by atoms with van der Waals surface area (Å²) in [6, 6.07) is 15.5. The Balaban J connectivity index is 2.15. The van der Waals surface area contributed by atoms with Crippen molar-refractivity contribution in [2.24, 2.45) is 0 Å². The molecule has 3 rings (SSSR count). The highest BCUT2D eigenvalue weighted by molar-refractivity contribution is 7.92. The molecule has 0 radical (unpaired) electrons. The van der Waals surface area contributed by atoms with Gasteiger partial charge in [-0.15, -0.1) is 0 Å². The molecule has 3 aromatic carbocycles. The van der Waals surface area contributed by atoms with E-state index >= 15 is 0 Å². The van der Waals surface area contributed by atoms with Crippen LogP contribution >= 0.6 is 0 Å². The van der Waals surface area contributed by atoms with Crippen LogP contribution in [0.25, 0.3) is 21.9 Å². The normalized spacial score (nSPS) is 11.9. The van der Waals surface area contributed by atoms with E-state index in [-0.39, 0.29) is 5.41 Å². The van der Waals surface area contributed by atoms with Gasteiger partial charge in [0.15, 0.2) is 0 Å². The molecule has 0 aliphatic heterocycles. The molecule has 188 valence electrons. The van der Waals surface area contributed by atoms with Crippen molar-refractivity contribution in [2.45, 2.75) is 32.6 Å².